The second-order valence-corrected chi connectivity index (χ2v) is 7.46. The van der Waals surface area contributed by atoms with Gasteiger partial charge in [-0.15, -0.1) is 0 Å². The molecule has 0 saturated heterocycles. The van der Waals surface area contributed by atoms with Gasteiger partial charge in [0, 0.05) is 19.2 Å². The summed E-state index contributed by atoms with van der Waals surface area (Å²) in [6.07, 6.45) is 1.28. The smallest absolute Gasteiger partial charge is 0.334 e. The molecule has 2 heterocycles. The number of amides is 2. The molecule has 0 unspecified atom stereocenters. The number of urea groups is 1. The summed E-state index contributed by atoms with van der Waals surface area (Å²) in [4.78, 5) is 32.3. The molecule has 2 amide bonds. The molecule has 0 radical (unpaired) electrons. The minimum atomic E-state index is -4.38. The van der Waals surface area contributed by atoms with Crippen LogP contribution in [-0.2, 0) is 17.1 Å². The first-order chi connectivity index (χ1) is 13.7. The van der Waals surface area contributed by atoms with Gasteiger partial charge in [0.15, 0.2) is 0 Å². The Balaban J connectivity index is 1.93. The Morgan fingerprint density at radius 3 is 2.62 bits per heavy atom. The average molecular weight is 419 g/mol. The number of pyridine rings is 1. The van der Waals surface area contributed by atoms with Crippen molar-refractivity contribution in [2.75, 3.05) is 19.5 Å². The highest BCUT2D eigenvalue weighted by Crippen LogP contribution is 2.22. The molecule has 3 aromatic rings. The Labute approximate surface area is 165 Å². The second-order valence-electron chi connectivity index (χ2n) is 5.81. The molecule has 0 aliphatic carbocycles. The Bertz CT molecular complexity index is 1230. The number of fused-ring (bicyclic) bond motifs is 1. The molecular formula is C17H17N5O6S. The van der Waals surface area contributed by atoms with Crippen molar-refractivity contribution >= 4 is 32.8 Å². The van der Waals surface area contributed by atoms with Crippen LogP contribution < -0.4 is 25.1 Å². The first-order valence-electron chi connectivity index (χ1n) is 8.13. The van der Waals surface area contributed by atoms with Crippen LogP contribution in [0.1, 0.15) is 0 Å². The van der Waals surface area contributed by atoms with Crippen LogP contribution in [-0.4, -0.2) is 43.2 Å². The quantitative estimate of drug-likeness (QED) is 0.620. The zero-order valence-corrected chi connectivity index (χ0v) is 16.5. The molecule has 3 rings (SSSR count). The first kappa shape index (κ1) is 20.1. The van der Waals surface area contributed by atoms with E-state index in [4.69, 9.17) is 9.47 Å². The topological polar surface area (TPSA) is 142 Å². The van der Waals surface area contributed by atoms with Crippen LogP contribution in [0, 0.1) is 0 Å². The van der Waals surface area contributed by atoms with Crippen LogP contribution in [0.5, 0.6) is 11.6 Å². The SMILES string of the molecule is COc1cc(NC(=O)NS(=O)(=O)c2cccc3ncn(C)c(=O)c23)nc(OC)c1. The number of ether oxygens (including phenoxy) is 2. The minimum Gasteiger partial charge on any atom is -0.496 e. The zero-order valence-electron chi connectivity index (χ0n) is 15.7. The van der Waals surface area contributed by atoms with Crippen molar-refractivity contribution in [1.82, 2.24) is 19.3 Å². The molecule has 1 aromatic carbocycles. The summed E-state index contributed by atoms with van der Waals surface area (Å²) in [6.45, 7) is 0. The van der Waals surface area contributed by atoms with Crippen molar-refractivity contribution < 1.29 is 22.7 Å². The van der Waals surface area contributed by atoms with Crippen LogP contribution in [0.2, 0.25) is 0 Å². The highest BCUT2D eigenvalue weighted by molar-refractivity contribution is 7.90. The molecule has 2 aromatic heterocycles. The molecule has 152 valence electrons. The summed E-state index contributed by atoms with van der Waals surface area (Å²) in [7, 11) is -0.143. The van der Waals surface area contributed by atoms with Crippen LogP contribution in [0.25, 0.3) is 10.9 Å². The molecule has 29 heavy (non-hydrogen) atoms. The van der Waals surface area contributed by atoms with Crippen molar-refractivity contribution in [3.8, 4) is 11.6 Å². The lowest BCUT2D eigenvalue weighted by Crippen LogP contribution is -2.35. The summed E-state index contributed by atoms with van der Waals surface area (Å²) < 4.78 is 38.5. The van der Waals surface area contributed by atoms with E-state index in [0.717, 1.165) is 4.57 Å². The van der Waals surface area contributed by atoms with Crippen molar-refractivity contribution in [1.29, 1.82) is 0 Å². The molecule has 12 heteroatoms. The van der Waals surface area contributed by atoms with Crippen molar-refractivity contribution in [3.05, 3.63) is 47.0 Å². The summed E-state index contributed by atoms with van der Waals surface area (Å²) in [5.74, 6) is 0.508. The number of nitrogens with one attached hydrogen (secondary N) is 2. The largest absolute Gasteiger partial charge is 0.496 e. The fraction of sp³-hybridized carbons (Fsp3) is 0.176. The van der Waals surface area contributed by atoms with E-state index in [9.17, 15) is 18.0 Å². The average Bonchev–Trinajstić information content (AvgIpc) is 2.69. The second kappa shape index (κ2) is 7.75. The highest BCUT2D eigenvalue weighted by Gasteiger charge is 2.23. The highest BCUT2D eigenvalue weighted by atomic mass is 32.2. The minimum absolute atomic E-state index is 0.00407. The third kappa shape index (κ3) is 4.11. The number of aryl methyl sites for hydroxylation is 1. The molecule has 0 aliphatic heterocycles. The maximum Gasteiger partial charge on any atom is 0.334 e. The lowest BCUT2D eigenvalue weighted by atomic mass is 10.2. The number of hydrogen-bond acceptors (Lipinski definition) is 8. The Morgan fingerprint density at radius 1 is 1.17 bits per heavy atom. The zero-order chi connectivity index (χ0) is 21.2. The fourth-order valence-corrected chi connectivity index (χ4v) is 3.65. The molecule has 0 bridgehead atoms. The molecule has 11 nitrogen and oxygen atoms in total. The van der Waals surface area contributed by atoms with Gasteiger partial charge in [-0.2, -0.15) is 4.98 Å². The summed E-state index contributed by atoms with van der Waals surface area (Å²) >= 11 is 0. The van der Waals surface area contributed by atoms with Gasteiger partial charge in [0.05, 0.1) is 31.4 Å². The van der Waals surface area contributed by atoms with E-state index in [1.807, 2.05) is 4.72 Å². The van der Waals surface area contributed by atoms with Gasteiger partial charge in [0.2, 0.25) is 5.88 Å². The normalized spacial score (nSPS) is 11.1. The standard InChI is InChI=1S/C17H17N5O6S/c1-22-9-18-11-5-4-6-12(15(11)16(22)23)29(25,26)21-17(24)20-13-7-10(27-2)8-14(19-13)28-3/h4-9H,1-3H3,(H2,19,20,21,24). The monoisotopic (exact) mass is 419 g/mol. The van der Waals surface area contributed by atoms with Gasteiger partial charge in [0.25, 0.3) is 15.6 Å². The number of carbonyl (C=O) groups is 1. The summed E-state index contributed by atoms with van der Waals surface area (Å²) in [5, 5.41) is 2.17. The van der Waals surface area contributed by atoms with Crippen LogP contribution >= 0.6 is 0 Å². The van der Waals surface area contributed by atoms with Gasteiger partial charge >= 0.3 is 6.03 Å². The van der Waals surface area contributed by atoms with E-state index in [0.29, 0.717) is 5.75 Å². The number of nitrogens with zero attached hydrogens (tertiary/aromatic N) is 3. The van der Waals surface area contributed by atoms with Crippen molar-refractivity contribution in [2.45, 2.75) is 4.90 Å². The van der Waals surface area contributed by atoms with E-state index in [2.05, 4.69) is 15.3 Å². The maximum atomic E-state index is 12.7. The van der Waals surface area contributed by atoms with Gasteiger partial charge in [-0.3, -0.25) is 10.1 Å². The predicted octanol–water partition coefficient (Wildman–Crippen LogP) is 0.856. The molecule has 0 spiro atoms. The fourth-order valence-electron chi connectivity index (χ4n) is 2.53. The first-order valence-corrected chi connectivity index (χ1v) is 9.61. The number of benzene rings is 1. The van der Waals surface area contributed by atoms with Gasteiger partial charge in [-0.05, 0) is 12.1 Å². The van der Waals surface area contributed by atoms with Crippen LogP contribution in [0.3, 0.4) is 0 Å². The summed E-state index contributed by atoms with van der Waals surface area (Å²) in [5.41, 5.74) is -0.369. The third-order valence-corrected chi connectivity index (χ3v) is 5.26. The van der Waals surface area contributed by atoms with Crippen LogP contribution in [0.15, 0.2) is 46.3 Å². The van der Waals surface area contributed by atoms with E-state index in [1.165, 1.54) is 57.9 Å². The van der Waals surface area contributed by atoms with Gasteiger partial charge < -0.3 is 14.0 Å². The molecule has 2 N–H and O–H groups in total. The van der Waals surface area contributed by atoms with E-state index >= 15 is 0 Å². The number of sulfonamides is 1. The predicted molar refractivity (Wildman–Crippen MR) is 104 cm³/mol. The van der Waals surface area contributed by atoms with Crippen molar-refractivity contribution in [3.63, 3.8) is 0 Å². The number of hydrogen-bond donors (Lipinski definition) is 2. The Morgan fingerprint density at radius 2 is 1.93 bits per heavy atom. The number of methoxy groups -OCH3 is 2. The lowest BCUT2D eigenvalue weighted by Gasteiger charge is -2.11. The molecule has 0 saturated carbocycles. The number of aromatic nitrogens is 3. The third-order valence-electron chi connectivity index (χ3n) is 3.89. The molecule has 0 aliphatic rings. The van der Waals surface area contributed by atoms with Crippen molar-refractivity contribution in [2.24, 2.45) is 7.05 Å². The van der Waals surface area contributed by atoms with Crippen LogP contribution in [0.4, 0.5) is 10.6 Å². The Kier molecular flexibility index (Phi) is 5.37. The Hall–Kier alpha value is -3.67. The van der Waals surface area contributed by atoms with E-state index < -0.39 is 21.6 Å². The maximum absolute atomic E-state index is 12.7. The lowest BCUT2D eigenvalue weighted by molar-refractivity contribution is 0.256. The number of rotatable bonds is 5. The summed E-state index contributed by atoms with van der Waals surface area (Å²) in [6, 6.07) is 5.93. The molecule has 0 fully saturated rings. The number of carbonyl (C=O) groups excluding carboxylic acids is 1. The number of anilines is 1. The van der Waals surface area contributed by atoms with E-state index in [-0.39, 0.29) is 27.5 Å². The van der Waals surface area contributed by atoms with Gasteiger partial charge in [0.1, 0.15) is 16.5 Å². The van der Waals surface area contributed by atoms with Gasteiger partial charge in [-0.25, -0.2) is 22.9 Å². The van der Waals surface area contributed by atoms with Gasteiger partial charge in [-0.1, -0.05) is 6.07 Å². The van der Waals surface area contributed by atoms with E-state index in [1.54, 1.807) is 0 Å². The molecular weight excluding hydrogens is 402 g/mol. The molecule has 0 atom stereocenters.